The van der Waals surface area contributed by atoms with E-state index in [1.165, 1.54) is 7.11 Å². The van der Waals surface area contributed by atoms with Crippen molar-refractivity contribution in [3.8, 4) is 0 Å². The number of methoxy groups -OCH3 is 2. The Balaban J connectivity index is 3.89. The fourth-order valence-corrected chi connectivity index (χ4v) is 1.15. The molecule has 0 aliphatic rings. The molecule has 0 aliphatic heterocycles. The first-order chi connectivity index (χ1) is 7.17. The largest absolute Gasteiger partial charge is 0.468 e. The zero-order chi connectivity index (χ0) is 11.7. The van der Waals surface area contributed by atoms with Gasteiger partial charge < -0.3 is 14.8 Å². The van der Waals surface area contributed by atoms with Crippen LogP contribution in [0.2, 0.25) is 0 Å². The zero-order valence-electron chi connectivity index (χ0n) is 9.54. The number of esters is 1. The van der Waals surface area contributed by atoms with Crippen molar-refractivity contribution in [1.29, 1.82) is 0 Å². The zero-order valence-corrected chi connectivity index (χ0v) is 9.54. The Morgan fingerprint density at radius 1 is 1.33 bits per heavy atom. The summed E-state index contributed by atoms with van der Waals surface area (Å²) in [5.41, 5.74) is 0. The van der Waals surface area contributed by atoms with Crippen LogP contribution in [0.3, 0.4) is 0 Å². The molecule has 5 nitrogen and oxygen atoms in total. The summed E-state index contributed by atoms with van der Waals surface area (Å²) >= 11 is 0. The van der Waals surface area contributed by atoms with E-state index in [9.17, 15) is 9.59 Å². The van der Waals surface area contributed by atoms with Crippen molar-refractivity contribution in [3.05, 3.63) is 0 Å². The van der Waals surface area contributed by atoms with Crippen LogP contribution in [0.5, 0.6) is 0 Å². The Bertz CT molecular complexity index is 206. The van der Waals surface area contributed by atoms with Crippen LogP contribution in [0.25, 0.3) is 0 Å². The molecule has 1 atom stereocenters. The second-order valence-electron chi connectivity index (χ2n) is 3.12. The first kappa shape index (κ1) is 13.9. The van der Waals surface area contributed by atoms with Crippen molar-refractivity contribution >= 4 is 11.9 Å². The van der Waals surface area contributed by atoms with E-state index < -0.39 is 11.9 Å². The van der Waals surface area contributed by atoms with Crippen LogP contribution in [0.1, 0.15) is 19.8 Å². The predicted molar refractivity (Wildman–Crippen MR) is 55.3 cm³/mol. The Kier molecular flexibility index (Phi) is 7.62. The third-order valence-electron chi connectivity index (χ3n) is 2.03. The van der Waals surface area contributed by atoms with E-state index in [4.69, 9.17) is 4.74 Å². The van der Waals surface area contributed by atoms with Gasteiger partial charge in [-0.2, -0.15) is 0 Å². The summed E-state index contributed by atoms with van der Waals surface area (Å²) in [7, 11) is 2.88. The van der Waals surface area contributed by atoms with Crippen molar-refractivity contribution < 1.29 is 19.1 Å². The van der Waals surface area contributed by atoms with Crippen molar-refractivity contribution in [2.75, 3.05) is 27.4 Å². The van der Waals surface area contributed by atoms with Crippen molar-refractivity contribution in [2.24, 2.45) is 5.92 Å². The molecule has 0 aliphatic carbocycles. The molecule has 15 heavy (non-hydrogen) atoms. The quantitative estimate of drug-likeness (QED) is 0.379. The number of hydrogen-bond donors (Lipinski definition) is 1. The SMILES string of the molecule is CCC(C(=O)NCCCOC)C(=O)OC. The molecule has 0 bridgehead atoms. The minimum Gasteiger partial charge on any atom is -0.468 e. The van der Waals surface area contributed by atoms with E-state index >= 15 is 0 Å². The van der Waals surface area contributed by atoms with Gasteiger partial charge in [0, 0.05) is 20.3 Å². The molecule has 1 unspecified atom stereocenters. The Morgan fingerprint density at radius 2 is 2.00 bits per heavy atom. The van der Waals surface area contributed by atoms with Crippen LogP contribution in [0.15, 0.2) is 0 Å². The van der Waals surface area contributed by atoms with Gasteiger partial charge in [0.15, 0.2) is 0 Å². The minimum atomic E-state index is -0.697. The normalized spacial score (nSPS) is 11.9. The van der Waals surface area contributed by atoms with Gasteiger partial charge in [-0.1, -0.05) is 6.92 Å². The number of carbonyl (C=O) groups is 2. The van der Waals surface area contributed by atoms with E-state index in [0.29, 0.717) is 19.6 Å². The minimum absolute atomic E-state index is 0.277. The third-order valence-corrected chi connectivity index (χ3v) is 2.03. The maximum absolute atomic E-state index is 11.5. The summed E-state index contributed by atoms with van der Waals surface area (Å²) in [5.74, 6) is -1.46. The number of rotatable bonds is 7. The standard InChI is InChI=1S/C10H19NO4/c1-4-8(10(13)15-3)9(12)11-6-5-7-14-2/h8H,4-7H2,1-3H3,(H,11,12). The molecule has 0 spiro atoms. The van der Waals surface area contributed by atoms with E-state index in [-0.39, 0.29) is 5.91 Å². The highest BCUT2D eigenvalue weighted by Gasteiger charge is 2.24. The van der Waals surface area contributed by atoms with Crippen molar-refractivity contribution in [1.82, 2.24) is 5.32 Å². The molecular weight excluding hydrogens is 198 g/mol. The van der Waals surface area contributed by atoms with Crippen LogP contribution in [0.4, 0.5) is 0 Å². The van der Waals surface area contributed by atoms with Crippen molar-refractivity contribution in [3.63, 3.8) is 0 Å². The highest BCUT2D eigenvalue weighted by molar-refractivity contribution is 5.97. The van der Waals surface area contributed by atoms with E-state index in [0.717, 1.165) is 6.42 Å². The van der Waals surface area contributed by atoms with Gasteiger partial charge in [-0.05, 0) is 12.8 Å². The molecule has 0 aromatic carbocycles. The van der Waals surface area contributed by atoms with Crippen LogP contribution in [0, 0.1) is 5.92 Å². The number of carbonyl (C=O) groups excluding carboxylic acids is 2. The van der Waals surface area contributed by atoms with Crippen LogP contribution < -0.4 is 5.32 Å². The van der Waals surface area contributed by atoms with Gasteiger partial charge in [0.1, 0.15) is 5.92 Å². The lowest BCUT2D eigenvalue weighted by molar-refractivity contribution is -0.150. The van der Waals surface area contributed by atoms with Crippen LogP contribution in [-0.4, -0.2) is 39.2 Å². The number of nitrogens with one attached hydrogen (secondary N) is 1. The summed E-state index contributed by atoms with van der Waals surface area (Å²) in [6, 6.07) is 0. The van der Waals surface area contributed by atoms with Gasteiger partial charge >= 0.3 is 5.97 Å². The van der Waals surface area contributed by atoms with E-state index in [1.54, 1.807) is 14.0 Å². The first-order valence-corrected chi connectivity index (χ1v) is 5.01. The number of hydrogen-bond acceptors (Lipinski definition) is 4. The first-order valence-electron chi connectivity index (χ1n) is 5.01. The maximum atomic E-state index is 11.5. The lowest BCUT2D eigenvalue weighted by atomic mass is 10.1. The fourth-order valence-electron chi connectivity index (χ4n) is 1.15. The number of amides is 1. The summed E-state index contributed by atoms with van der Waals surface area (Å²) in [4.78, 5) is 22.7. The summed E-state index contributed by atoms with van der Waals surface area (Å²) < 4.78 is 9.36. The van der Waals surface area contributed by atoms with Gasteiger partial charge in [0.05, 0.1) is 7.11 Å². The second kappa shape index (κ2) is 8.23. The van der Waals surface area contributed by atoms with Crippen LogP contribution in [-0.2, 0) is 19.1 Å². The topological polar surface area (TPSA) is 64.6 Å². The Morgan fingerprint density at radius 3 is 2.47 bits per heavy atom. The molecule has 0 heterocycles. The average Bonchev–Trinajstić information content (AvgIpc) is 2.25. The monoisotopic (exact) mass is 217 g/mol. The molecule has 1 N–H and O–H groups in total. The lowest BCUT2D eigenvalue weighted by Gasteiger charge is -2.12. The highest BCUT2D eigenvalue weighted by Crippen LogP contribution is 2.04. The summed E-state index contributed by atoms with van der Waals surface area (Å²) in [5, 5.41) is 2.66. The Labute approximate surface area is 90.1 Å². The third kappa shape index (κ3) is 5.37. The maximum Gasteiger partial charge on any atom is 0.318 e. The van der Waals surface area contributed by atoms with Gasteiger partial charge in [-0.25, -0.2) is 0 Å². The van der Waals surface area contributed by atoms with Crippen molar-refractivity contribution in [2.45, 2.75) is 19.8 Å². The average molecular weight is 217 g/mol. The molecular formula is C10H19NO4. The molecule has 1 amide bonds. The molecule has 88 valence electrons. The molecule has 0 saturated heterocycles. The lowest BCUT2D eigenvalue weighted by Crippen LogP contribution is -2.36. The van der Waals surface area contributed by atoms with Gasteiger partial charge in [0.2, 0.25) is 5.91 Å². The molecule has 0 aromatic rings. The summed E-state index contributed by atoms with van der Waals surface area (Å²) in [6.45, 7) is 2.88. The smallest absolute Gasteiger partial charge is 0.318 e. The Hall–Kier alpha value is -1.10. The molecule has 0 radical (unpaired) electrons. The van der Waals surface area contributed by atoms with Gasteiger partial charge in [0.25, 0.3) is 0 Å². The molecule has 0 rings (SSSR count). The predicted octanol–water partition coefficient (Wildman–Crippen LogP) is 0.338. The molecule has 0 aromatic heterocycles. The van der Waals surface area contributed by atoms with E-state index in [1.807, 2.05) is 0 Å². The highest BCUT2D eigenvalue weighted by atomic mass is 16.5. The molecule has 0 fully saturated rings. The number of ether oxygens (including phenoxy) is 2. The van der Waals surface area contributed by atoms with Crippen LogP contribution >= 0.6 is 0 Å². The van der Waals surface area contributed by atoms with Gasteiger partial charge in [-0.15, -0.1) is 0 Å². The van der Waals surface area contributed by atoms with Gasteiger partial charge in [-0.3, -0.25) is 9.59 Å². The fraction of sp³-hybridized carbons (Fsp3) is 0.800. The molecule has 0 saturated carbocycles. The summed E-state index contributed by atoms with van der Waals surface area (Å²) in [6.07, 6.45) is 1.18. The van der Waals surface area contributed by atoms with E-state index in [2.05, 4.69) is 10.1 Å². The second-order valence-corrected chi connectivity index (χ2v) is 3.12. The molecule has 5 heteroatoms.